The predicted molar refractivity (Wildman–Crippen MR) is 177 cm³/mol. The van der Waals surface area contributed by atoms with Gasteiger partial charge in [0.2, 0.25) is 0 Å². The van der Waals surface area contributed by atoms with Gasteiger partial charge in [0.15, 0.2) is 0 Å². The van der Waals surface area contributed by atoms with Crippen molar-refractivity contribution in [2.24, 2.45) is 22.7 Å². The van der Waals surface area contributed by atoms with Gasteiger partial charge in [0.1, 0.15) is 0 Å². The van der Waals surface area contributed by atoms with Gasteiger partial charge in [-0.05, 0) is 112 Å². The molecule has 1 fully saturated rings. The lowest BCUT2D eigenvalue weighted by molar-refractivity contribution is 0.288. The average Bonchev–Trinajstić information content (AvgIpc) is 2.85. The molecule has 0 radical (unpaired) electrons. The number of rotatable bonds is 5. The number of hydrogen-bond donors (Lipinski definition) is 0. The molecule has 0 heteroatoms. The summed E-state index contributed by atoms with van der Waals surface area (Å²) in [4.78, 5) is 0. The molecular formula is C40H54. The zero-order chi connectivity index (χ0) is 29.8. The average molecular weight is 535 g/mol. The van der Waals surface area contributed by atoms with Crippen LogP contribution >= 0.6 is 0 Å². The molecule has 1 saturated carbocycles. The molecule has 0 aromatic carbocycles. The highest BCUT2D eigenvalue weighted by molar-refractivity contribution is 5.40. The highest BCUT2D eigenvalue weighted by Crippen LogP contribution is 2.43. The Morgan fingerprint density at radius 3 is 2.38 bits per heavy atom. The molecule has 0 amide bonds. The minimum Gasteiger partial charge on any atom is -0.0972 e. The summed E-state index contributed by atoms with van der Waals surface area (Å²) in [5, 5.41) is 0. The van der Waals surface area contributed by atoms with Crippen LogP contribution in [-0.4, -0.2) is 0 Å². The maximum absolute atomic E-state index is 3.34. The van der Waals surface area contributed by atoms with Crippen molar-refractivity contribution in [2.75, 3.05) is 0 Å². The van der Waals surface area contributed by atoms with Crippen LogP contribution in [0.15, 0.2) is 69.9 Å². The highest BCUT2D eigenvalue weighted by Gasteiger charge is 2.30. The first-order chi connectivity index (χ1) is 18.8. The largest absolute Gasteiger partial charge is 0.0972 e. The van der Waals surface area contributed by atoms with Crippen molar-refractivity contribution < 1.29 is 0 Å². The van der Waals surface area contributed by atoms with E-state index in [-0.39, 0.29) is 11.3 Å². The normalized spacial score (nSPS) is 23.1. The van der Waals surface area contributed by atoms with Crippen LogP contribution in [0.4, 0.5) is 0 Å². The molecule has 40 heavy (non-hydrogen) atoms. The summed E-state index contributed by atoms with van der Waals surface area (Å²) in [6.07, 6.45) is 22.5. The molecule has 0 N–H and O–H groups in total. The number of hydrogen-bond acceptors (Lipinski definition) is 0. The molecule has 2 unspecified atom stereocenters. The minimum absolute atomic E-state index is 0.247. The van der Waals surface area contributed by atoms with Gasteiger partial charge in [0.05, 0.1) is 0 Å². The lowest BCUT2D eigenvalue weighted by Gasteiger charge is -2.37. The fourth-order valence-corrected chi connectivity index (χ4v) is 5.93. The van der Waals surface area contributed by atoms with Crippen molar-refractivity contribution in [3.8, 4) is 35.5 Å². The summed E-state index contributed by atoms with van der Waals surface area (Å²) >= 11 is 0. The third-order valence-electron chi connectivity index (χ3n) is 8.47. The first-order valence-electron chi connectivity index (χ1n) is 15.4. The maximum Gasteiger partial charge on any atom is 0.0287 e. The minimum atomic E-state index is 0.247. The van der Waals surface area contributed by atoms with Crippen molar-refractivity contribution >= 4 is 0 Å². The first kappa shape index (κ1) is 33.3. The Morgan fingerprint density at radius 1 is 0.950 bits per heavy atom. The molecule has 0 aromatic heterocycles. The van der Waals surface area contributed by atoms with Crippen LogP contribution in [0.5, 0.6) is 0 Å². The van der Waals surface area contributed by atoms with E-state index >= 15 is 0 Å². The summed E-state index contributed by atoms with van der Waals surface area (Å²) in [5.74, 6) is 20.3. The Balaban J connectivity index is 1.86. The summed E-state index contributed by atoms with van der Waals surface area (Å²) in [7, 11) is 0. The van der Waals surface area contributed by atoms with Crippen LogP contribution in [0.25, 0.3) is 0 Å². The van der Waals surface area contributed by atoms with Crippen LogP contribution < -0.4 is 0 Å². The molecule has 0 aliphatic heterocycles. The lowest BCUT2D eigenvalue weighted by atomic mass is 9.68. The van der Waals surface area contributed by atoms with E-state index in [1.165, 1.54) is 60.8 Å². The van der Waals surface area contributed by atoms with Gasteiger partial charge in [0, 0.05) is 17.9 Å². The third-order valence-corrected chi connectivity index (χ3v) is 8.47. The summed E-state index contributed by atoms with van der Waals surface area (Å²) in [5.41, 5.74) is 8.73. The van der Waals surface area contributed by atoms with Gasteiger partial charge in [-0.1, -0.05) is 118 Å². The van der Waals surface area contributed by atoms with Crippen molar-refractivity contribution in [3.63, 3.8) is 0 Å². The van der Waals surface area contributed by atoms with E-state index in [9.17, 15) is 0 Å². The Hall–Kier alpha value is -2.88. The van der Waals surface area contributed by atoms with Gasteiger partial charge < -0.3 is 0 Å². The fraction of sp³-hybridized carbons (Fsp3) is 0.550. The second-order valence-electron chi connectivity index (χ2n) is 13.5. The standard InChI is InChI=1S/C40H54/c1-31(19-13-21-33(3)25-27-37-35(5)23-15-29-39(37,7)8)17-11-12-18-32(2)20-14-22-34(4)26-28-38-36(6)24-16-30-40(38,9)10/h17,21-22,25,27-28,32,36H,15-16,18,23-24,26,29-30H2,1-10H3/b27-25+,31-17+,33-21+,34-22+,38-28+. The second kappa shape index (κ2) is 15.8. The Bertz CT molecular complexity index is 1260. The zero-order valence-corrected chi connectivity index (χ0v) is 27.3. The Morgan fingerprint density at radius 2 is 1.68 bits per heavy atom. The number of allylic oxidation sites excluding steroid dienone is 12. The fourth-order valence-electron chi connectivity index (χ4n) is 5.93. The van der Waals surface area contributed by atoms with Gasteiger partial charge in [-0.15, -0.1) is 0 Å². The molecule has 0 aromatic rings. The molecule has 0 nitrogen and oxygen atoms in total. The summed E-state index contributed by atoms with van der Waals surface area (Å²) in [6, 6.07) is 0. The van der Waals surface area contributed by atoms with Crippen molar-refractivity contribution in [1.82, 2.24) is 0 Å². The van der Waals surface area contributed by atoms with Gasteiger partial charge >= 0.3 is 0 Å². The summed E-state index contributed by atoms with van der Waals surface area (Å²) < 4.78 is 0. The van der Waals surface area contributed by atoms with E-state index in [0.717, 1.165) is 18.4 Å². The van der Waals surface area contributed by atoms with Gasteiger partial charge in [-0.2, -0.15) is 0 Å². The van der Waals surface area contributed by atoms with Crippen molar-refractivity contribution in [2.45, 2.75) is 121 Å². The van der Waals surface area contributed by atoms with E-state index in [0.29, 0.717) is 11.3 Å². The molecule has 2 aliphatic rings. The van der Waals surface area contributed by atoms with Crippen molar-refractivity contribution in [1.29, 1.82) is 0 Å². The Kier molecular flexibility index (Phi) is 13.2. The van der Waals surface area contributed by atoms with Crippen LogP contribution in [0, 0.1) is 58.2 Å². The van der Waals surface area contributed by atoms with E-state index in [4.69, 9.17) is 0 Å². The zero-order valence-electron chi connectivity index (χ0n) is 27.3. The van der Waals surface area contributed by atoms with Crippen LogP contribution in [0.3, 0.4) is 0 Å². The lowest BCUT2D eigenvalue weighted by Crippen LogP contribution is -2.24. The first-order valence-corrected chi connectivity index (χ1v) is 15.4. The van der Waals surface area contributed by atoms with Crippen molar-refractivity contribution in [3.05, 3.63) is 69.9 Å². The molecule has 0 heterocycles. The molecule has 0 saturated heterocycles. The topological polar surface area (TPSA) is 0 Å². The second-order valence-corrected chi connectivity index (χ2v) is 13.5. The Labute approximate surface area is 248 Å². The van der Waals surface area contributed by atoms with Crippen LogP contribution in [-0.2, 0) is 0 Å². The maximum atomic E-state index is 3.34. The monoisotopic (exact) mass is 534 g/mol. The SMILES string of the molecule is CC1=C(/C=C/C(C)=C/C#C/C(C)=C/C#CCC(C)C#C/C=C(\C)C/C=C2\C(C)CCCC2(C)C)C(C)(C)CCC1. The molecule has 2 rings (SSSR count). The van der Waals surface area contributed by atoms with E-state index in [2.05, 4.69) is 122 Å². The molecule has 0 spiro atoms. The summed E-state index contributed by atoms with van der Waals surface area (Å²) in [6.45, 7) is 22.6. The van der Waals surface area contributed by atoms with Gasteiger partial charge in [-0.25, -0.2) is 0 Å². The van der Waals surface area contributed by atoms with Gasteiger partial charge in [-0.3, -0.25) is 0 Å². The predicted octanol–water partition coefficient (Wildman–Crippen LogP) is 11.1. The molecule has 2 aliphatic carbocycles. The molecule has 2 atom stereocenters. The van der Waals surface area contributed by atoms with Crippen LogP contribution in [0.2, 0.25) is 0 Å². The highest BCUT2D eigenvalue weighted by atomic mass is 14.4. The quantitative estimate of drug-likeness (QED) is 0.187. The van der Waals surface area contributed by atoms with Gasteiger partial charge in [0.25, 0.3) is 0 Å². The van der Waals surface area contributed by atoms with E-state index in [1.807, 2.05) is 19.1 Å². The third kappa shape index (κ3) is 11.3. The van der Waals surface area contributed by atoms with E-state index in [1.54, 1.807) is 5.57 Å². The smallest absolute Gasteiger partial charge is 0.0287 e. The molecular weight excluding hydrogens is 480 g/mol. The van der Waals surface area contributed by atoms with E-state index < -0.39 is 0 Å². The molecule has 214 valence electrons. The molecule has 0 bridgehead atoms. The van der Waals surface area contributed by atoms with Crippen LogP contribution in [0.1, 0.15) is 121 Å².